The van der Waals surface area contributed by atoms with E-state index in [1.807, 2.05) is 0 Å². The number of rotatable bonds is 2. The van der Waals surface area contributed by atoms with E-state index in [-0.39, 0.29) is 5.75 Å². The van der Waals surface area contributed by atoms with E-state index in [4.69, 9.17) is 11.6 Å². The van der Waals surface area contributed by atoms with E-state index < -0.39 is 22.4 Å². The lowest BCUT2D eigenvalue weighted by molar-refractivity contribution is 0.107. The molecule has 2 nitrogen and oxygen atoms in total. The molecule has 0 N–H and O–H groups in total. The third-order valence-corrected chi connectivity index (χ3v) is 1.68. The minimum atomic E-state index is -1.29. The monoisotopic (exact) mass is 206 g/mol. The topological polar surface area (TPSA) is 26.3 Å². The van der Waals surface area contributed by atoms with Gasteiger partial charge in [0.05, 0.1) is 12.7 Å². The van der Waals surface area contributed by atoms with Crippen molar-refractivity contribution in [2.75, 3.05) is 7.11 Å². The minimum absolute atomic E-state index is 0.265. The molecular formula is C8H5ClF2O2. The quantitative estimate of drug-likeness (QED) is 0.695. The lowest BCUT2D eigenvalue weighted by Gasteiger charge is -2.03. The van der Waals surface area contributed by atoms with Crippen LogP contribution >= 0.6 is 11.6 Å². The Labute approximate surface area is 78.1 Å². The first-order chi connectivity index (χ1) is 6.07. The van der Waals surface area contributed by atoms with Gasteiger partial charge in [-0.25, -0.2) is 4.39 Å². The zero-order chi connectivity index (χ0) is 10.0. The first-order valence-corrected chi connectivity index (χ1v) is 3.67. The van der Waals surface area contributed by atoms with Gasteiger partial charge < -0.3 is 4.74 Å². The predicted molar refractivity (Wildman–Crippen MR) is 43.1 cm³/mol. The van der Waals surface area contributed by atoms with E-state index in [2.05, 4.69) is 4.74 Å². The average molecular weight is 207 g/mol. The summed E-state index contributed by atoms with van der Waals surface area (Å²) in [4.78, 5) is 10.5. The summed E-state index contributed by atoms with van der Waals surface area (Å²) in [6.45, 7) is 0. The molecule has 1 aromatic rings. The fourth-order valence-electron chi connectivity index (χ4n) is 0.841. The Morgan fingerprint density at radius 2 is 2.00 bits per heavy atom. The molecule has 0 saturated carbocycles. The summed E-state index contributed by atoms with van der Waals surface area (Å²) in [6, 6.07) is 2.20. The molecule has 0 aliphatic carbocycles. The SMILES string of the molecule is COc1ccc(C(=O)Cl)c(F)c1F. The van der Waals surface area contributed by atoms with Crippen molar-refractivity contribution in [1.29, 1.82) is 0 Å². The molecule has 70 valence electrons. The number of hydrogen-bond donors (Lipinski definition) is 0. The number of methoxy groups -OCH3 is 1. The Balaban J connectivity index is 3.31. The number of halogens is 3. The molecular weight excluding hydrogens is 202 g/mol. The maximum Gasteiger partial charge on any atom is 0.255 e. The molecule has 0 atom stereocenters. The third kappa shape index (κ3) is 1.78. The molecule has 0 fully saturated rings. The van der Waals surface area contributed by atoms with Crippen molar-refractivity contribution in [3.05, 3.63) is 29.3 Å². The maximum atomic E-state index is 12.9. The second kappa shape index (κ2) is 3.70. The highest BCUT2D eigenvalue weighted by Crippen LogP contribution is 2.23. The zero-order valence-electron chi connectivity index (χ0n) is 6.61. The fourth-order valence-corrected chi connectivity index (χ4v) is 0.987. The average Bonchev–Trinajstić information content (AvgIpc) is 2.09. The summed E-state index contributed by atoms with van der Waals surface area (Å²) in [7, 11) is 1.19. The largest absolute Gasteiger partial charge is 0.494 e. The van der Waals surface area contributed by atoms with Crippen molar-refractivity contribution < 1.29 is 18.3 Å². The van der Waals surface area contributed by atoms with Gasteiger partial charge in [-0.15, -0.1) is 0 Å². The van der Waals surface area contributed by atoms with E-state index in [1.165, 1.54) is 7.11 Å². The van der Waals surface area contributed by atoms with Gasteiger partial charge in [0.15, 0.2) is 11.6 Å². The van der Waals surface area contributed by atoms with Crippen LogP contribution in [0.1, 0.15) is 10.4 Å². The molecule has 0 aromatic heterocycles. The molecule has 0 unspecified atom stereocenters. The van der Waals surface area contributed by atoms with Gasteiger partial charge in [-0.1, -0.05) is 0 Å². The number of benzene rings is 1. The molecule has 0 saturated heterocycles. The Kier molecular flexibility index (Phi) is 2.83. The fraction of sp³-hybridized carbons (Fsp3) is 0.125. The summed E-state index contributed by atoms with van der Waals surface area (Å²) >= 11 is 4.99. The van der Waals surface area contributed by atoms with Gasteiger partial charge in [0, 0.05) is 0 Å². The second-order valence-corrected chi connectivity index (χ2v) is 2.56. The van der Waals surface area contributed by atoms with Gasteiger partial charge in [0.2, 0.25) is 5.82 Å². The molecule has 1 aromatic carbocycles. The first-order valence-electron chi connectivity index (χ1n) is 3.29. The lowest BCUT2D eigenvalue weighted by atomic mass is 10.2. The van der Waals surface area contributed by atoms with Crippen molar-refractivity contribution >= 4 is 16.8 Å². The Bertz CT molecular complexity index is 352. The van der Waals surface area contributed by atoms with Crippen molar-refractivity contribution in [2.24, 2.45) is 0 Å². The molecule has 5 heteroatoms. The smallest absolute Gasteiger partial charge is 0.255 e. The van der Waals surface area contributed by atoms with Gasteiger partial charge in [-0.2, -0.15) is 4.39 Å². The third-order valence-electron chi connectivity index (χ3n) is 1.48. The van der Waals surface area contributed by atoms with Gasteiger partial charge >= 0.3 is 0 Å². The van der Waals surface area contributed by atoms with Crippen molar-refractivity contribution in [3.8, 4) is 5.75 Å². The number of hydrogen-bond acceptors (Lipinski definition) is 2. The van der Waals surface area contributed by atoms with Crippen LogP contribution in [0.2, 0.25) is 0 Å². The van der Waals surface area contributed by atoms with Gasteiger partial charge in [0.25, 0.3) is 5.24 Å². The van der Waals surface area contributed by atoms with Crippen LogP contribution in [0.4, 0.5) is 8.78 Å². The second-order valence-electron chi connectivity index (χ2n) is 2.22. The van der Waals surface area contributed by atoms with E-state index in [1.54, 1.807) is 0 Å². The first kappa shape index (κ1) is 9.92. The molecule has 0 amide bonds. The minimum Gasteiger partial charge on any atom is -0.494 e. The van der Waals surface area contributed by atoms with Crippen molar-refractivity contribution in [1.82, 2.24) is 0 Å². The number of carbonyl (C=O) groups is 1. The molecule has 0 radical (unpaired) electrons. The summed E-state index contributed by atoms with van der Waals surface area (Å²) in [6.07, 6.45) is 0. The Morgan fingerprint density at radius 1 is 1.38 bits per heavy atom. The highest BCUT2D eigenvalue weighted by molar-refractivity contribution is 6.67. The van der Waals surface area contributed by atoms with Crippen molar-refractivity contribution in [3.63, 3.8) is 0 Å². The van der Waals surface area contributed by atoms with Crippen LogP contribution in [-0.4, -0.2) is 12.4 Å². The summed E-state index contributed by atoms with van der Waals surface area (Å²) in [5.41, 5.74) is -0.500. The molecule has 0 heterocycles. The van der Waals surface area contributed by atoms with Crippen molar-refractivity contribution in [2.45, 2.75) is 0 Å². The van der Waals surface area contributed by atoms with E-state index >= 15 is 0 Å². The van der Waals surface area contributed by atoms with Crippen LogP contribution in [0.25, 0.3) is 0 Å². The Morgan fingerprint density at radius 3 is 2.46 bits per heavy atom. The molecule has 1 rings (SSSR count). The summed E-state index contributed by atoms with van der Waals surface area (Å²) in [5, 5.41) is -1.04. The standard InChI is InChI=1S/C8H5ClF2O2/c1-13-5-3-2-4(8(9)12)6(10)7(5)11/h2-3H,1H3. The zero-order valence-corrected chi connectivity index (χ0v) is 7.36. The van der Waals surface area contributed by atoms with E-state index in [0.717, 1.165) is 12.1 Å². The van der Waals surface area contributed by atoms with Gasteiger partial charge in [0.1, 0.15) is 0 Å². The van der Waals surface area contributed by atoms with E-state index in [0.29, 0.717) is 0 Å². The molecule has 13 heavy (non-hydrogen) atoms. The van der Waals surface area contributed by atoms with Crippen LogP contribution in [-0.2, 0) is 0 Å². The highest BCUT2D eigenvalue weighted by atomic mass is 35.5. The van der Waals surface area contributed by atoms with Crippen LogP contribution in [0.3, 0.4) is 0 Å². The van der Waals surface area contributed by atoms with Crippen LogP contribution < -0.4 is 4.74 Å². The highest BCUT2D eigenvalue weighted by Gasteiger charge is 2.17. The van der Waals surface area contributed by atoms with E-state index in [9.17, 15) is 13.6 Å². The summed E-state index contributed by atoms with van der Waals surface area (Å²) in [5.74, 6) is -2.77. The van der Waals surface area contributed by atoms with Crippen LogP contribution in [0.15, 0.2) is 12.1 Å². The maximum absolute atomic E-state index is 12.9. The van der Waals surface area contributed by atoms with Gasteiger partial charge in [-0.3, -0.25) is 4.79 Å². The van der Waals surface area contributed by atoms with Gasteiger partial charge in [-0.05, 0) is 23.7 Å². The number of carbonyl (C=O) groups excluding carboxylic acids is 1. The molecule has 0 aliphatic heterocycles. The van der Waals surface area contributed by atoms with Crippen LogP contribution in [0, 0.1) is 11.6 Å². The lowest BCUT2D eigenvalue weighted by Crippen LogP contribution is -2.00. The molecule has 0 spiro atoms. The van der Waals surface area contributed by atoms with Crippen LogP contribution in [0.5, 0.6) is 5.75 Å². The summed E-state index contributed by atoms with van der Waals surface area (Å²) < 4.78 is 30.3. The molecule has 0 bridgehead atoms. The predicted octanol–water partition coefficient (Wildman–Crippen LogP) is 2.35. The molecule has 0 aliphatic rings. The Hall–Kier alpha value is -1.16. The normalized spacial score (nSPS) is 9.85. The number of ether oxygens (including phenoxy) is 1.